The molecule has 2 aromatic carbocycles. The van der Waals surface area contributed by atoms with Gasteiger partial charge in [0.25, 0.3) is 0 Å². The maximum Gasteiger partial charge on any atom is 0.101 e. The molecule has 0 saturated carbocycles. The number of fused-ring (bicyclic) bond motifs is 1. The van der Waals surface area contributed by atoms with Crippen molar-refractivity contribution >= 4 is 23.0 Å². The van der Waals surface area contributed by atoms with E-state index in [0.29, 0.717) is 10.6 Å². The summed E-state index contributed by atoms with van der Waals surface area (Å²) in [4.78, 5) is 0. The Kier molecular flexibility index (Phi) is 3.98. The highest BCUT2D eigenvalue weighted by Gasteiger charge is 2.12. The van der Waals surface area contributed by atoms with Crippen molar-refractivity contribution < 1.29 is 0 Å². The highest BCUT2D eigenvalue weighted by molar-refractivity contribution is 6.31. The number of hydrogen-bond donors (Lipinski definition) is 2. The van der Waals surface area contributed by atoms with Crippen LogP contribution >= 0.6 is 11.6 Å². The Morgan fingerprint density at radius 1 is 1.29 bits per heavy atom. The second-order valence-electron chi connectivity index (χ2n) is 5.14. The molecular formula is C17H16ClN3. The van der Waals surface area contributed by atoms with Gasteiger partial charge in [0.15, 0.2) is 0 Å². The topological polar surface area (TPSA) is 47.9 Å². The molecule has 0 saturated heterocycles. The Hall–Kier alpha value is -2.18. The van der Waals surface area contributed by atoms with Gasteiger partial charge in [-0.25, -0.2) is 0 Å². The monoisotopic (exact) mass is 297 g/mol. The average molecular weight is 298 g/mol. The Balaban J connectivity index is 1.78. The first kappa shape index (κ1) is 13.8. The lowest BCUT2D eigenvalue weighted by Crippen LogP contribution is -2.15. The lowest BCUT2D eigenvalue weighted by molar-refractivity contribution is 0.825. The molecule has 0 radical (unpaired) electrons. The van der Waals surface area contributed by atoms with Crippen molar-refractivity contribution in [1.82, 2.24) is 0 Å². The van der Waals surface area contributed by atoms with Crippen molar-refractivity contribution in [2.45, 2.75) is 19.4 Å². The molecular weight excluding hydrogens is 282 g/mol. The van der Waals surface area contributed by atoms with Gasteiger partial charge >= 0.3 is 0 Å². The van der Waals surface area contributed by atoms with Crippen LogP contribution in [0.1, 0.15) is 23.1 Å². The normalized spacial score (nSPS) is 13.0. The van der Waals surface area contributed by atoms with Gasteiger partial charge in [-0.1, -0.05) is 29.8 Å². The number of halogens is 1. The number of nitriles is 1. The van der Waals surface area contributed by atoms with Crippen LogP contribution in [0.5, 0.6) is 0 Å². The molecule has 0 fully saturated rings. The number of aryl methyl sites for hydroxylation is 1. The largest absolute Gasteiger partial charge is 0.385 e. The molecule has 0 amide bonds. The smallest absolute Gasteiger partial charge is 0.101 e. The summed E-state index contributed by atoms with van der Waals surface area (Å²) in [6.45, 7) is 1.76. The fourth-order valence-electron chi connectivity index (χ4n) is 2.65. The molecule has 0 atom stereocenters. The number of benzene rings is 2. The number of rotatable bonds is 3. The van der Waals surface area contributed by atoms with Gasteiger partial charge < -0.3 is 10.6 Å². The predicted octanol–water partition coefficient (Wildman–Crippen LogP) is 4.18. The molecule has 0 aliphatic carbocycles. The molecule has 0 unspecified atom stereocenters. The van der Waals surface area contributed by atoms with Crippen LogP contribution in [0.15, 0.2) is 36.4 Å². The third-order valence-electron chi connectivity index (χ3n) is 3.73. The van der Waals surface area contributed by atoms with E-state index in [4.69, 9.17) is 16.9 Å². The Bertz CT molecular complexity index is 704. The van der Waals surface area contributed by atoms with E-state index in [-0.39, 0.29) is 0 Å². The molecule has 106 valence electrons. The Morgan fingerprint density at radius 2 is 2.19 bits per heavy atom. The van der Waals surface area contributed by atoms with Crippen LogP contribution in [-0.2, 0) is 13.0 Å². The summed E-state index contributed by atoms with van der Waals surface area (Å²) < 4.78 is 0. The van der Waals surface area contributed by atoms with Gasteiger partial charge in [-0.2, -0.15) is 5.26 Å². The fraction of sp³-hybridized carbons (Fsp3) is 0.235. The fourth-order valence-corrected chi connectivity index (χ4v) is 2.81. The van der Waals surface area contributed by atoms with Crippen molar-refractivity contribution in [3.05, 3.63) is 58.1 Å². The minimum Gasteiger partial charge on any atom is -0.385 e. The van der Waals surface area contributed by atoms with Gasteiger partial charge in [0, 0.05) is 24.5 Å². The summed E-state index contributed by atoms with van der Waals surface area (Å²) in [5.41, 5.74) is 5.29. The number of nitrogens with zero attached hydrogens (tertiary/aromatic N) is 1. The molecule has 21 heavy (non-hydrogen) atoms. The van der Waals surface area contributed by atoms with Gasteiger partial charge in [0.05, 0.1) is 10.6 Å². The van der Waals surface area contributed by atoms with E-state index in [1.165, 1.54) is 23.2 Å². The zero-order valence-corrected chi connectivity index (χ0v) is 12.4. The third-order valence-corrected chi connectivity index (χ3v) is 4.06. The maximum atomic E-state index is 9.01. The standard InChI is InChI=1S/C17H16ClN3/c18-16-7-6-15(9-14(16)10-19)21-11-13-4-1-3-12-5-2-8-20-17(12)13/h1,3-4,6-7,9,20-21H,2,5,8,11H2. The van der Waals surface area contributed by atoms with Crippen LogP contribution in [0.4, 0.5) is 11.4 Å². The maximum absolute atomic E-state index is 9.01. The molecule has 1 heterocycles. The van der Waals surface area contributed by atoms with Gasteiger partial charge in [-0.3, -0.25) is 0 Å². The van der Waals surface area contributed by atoms with Gasteiger partial charge in [-0.15, -0.1) is 0 Å². The van der Waals surface area contributed by atoms with Gasteiger partial charge in [0.1, 0.15) is 6.07 Å². The SMILES string of the molecule is N#Cc1cc(NCc2cccc3c2NCCC3)ccc1Cl. The van der Waals surface area contributed by atoms with E-state index in [2.05, 4.69) is 34.9 Å². The van der Waals surface area contributed by atoms with Crippen molar-refractivity contribution in [2.24, 2.45) is 0 Å². The number of nitrogens with one attached hydrogen (secondary N) is 2. The van der Waals surface area contributed by atoms with Crippen molar-refractivity contribution in [3.8, 4) is 6.07 Å². The minimum atomic E-state index is 0.488. The molecule has 3 rings (SSSR count). The van der Waals surface area contributed by atoms with Crippen molar-refractivity contribution in [3.63, 3.8) is 0 Å². The lowest BCUT2D eigenvalue weighted by Gasteiger charge is -2.21. The summed E-state index contributed by atoms with van der Waals surface area (Å²) in [7, 11) is 0. The van der Waals surface area contributed by atoms with Crippen LogP contribution in [-0.4, -0.2) is 6.54 Å². The van der Waals surface area contributed by atoms with E-state index < -0.39 is 0 Å². The van der Waals surface area contributed by atoms with Crippen LogP contribution in [0.3, 0.4) is 0 Å². The number of hydrogen-bond acceptors (Lipinski definition) is 3. The van der Waals surface area contributed by atoms with E-state index >= 15 is 0 Å². The molecule has 1 aliphatic rings. The minimum absolute atomic E-state index is 0.488. The van der Waals surface area contributed by atoms with Crippen LogP contribution < -0.4 is 10.6 Å². The van der Waals surface area contributed by atoms with Crippen LogP contribution in [0.25, 0.3) is 0 Å². The third kappa shape index (κ3) is 2.96. The molecule has 0 bridgehead atoms. The van der Waals surface area contributed by atoms with E-state index in [9.17, 15) is 0 Å². The Morgan fingerprint density at radius 3 is 3.05 bits per heavy atom. The molecule has 1 aliphatic heterocycles. The Labute approximate surface area is 129 Å². The molecule has 2 N–H and O–H groups in total. The number of anilines is 2. The zero-order valence-electron chi connectivity index (χ0n) is 11.6. The summed E-state index contributed by atoms with van der Waals surface area (Å²) >= 11 is 5.95. The first-order chi connectivity index (χ1) is 10.3. The van der Waals surface area contributed by atoms with Gasteiger partial charge in [-0.05, 0) is 42.2 Å². The average Bonchev–Trinajstić information content (AvgIpc) is 2.54. The highest BCUT2D eigenvalue weighted by Crippen LogP contribution is 2.27. The van der Waals surface area contributed by atoms with Crippen LogP contribution in [0, 0.1) is 11.3 Å². The highest BCUT2D eigenvalue weighted by atomic mass is 35.5. The first-order valence-electron chi connectivity index (χ1n) is 7.06. The summed E-state index contributed by atoms with van der Waals surface area (Å²) in [6, 6.07) is 13.9. The van der Waals surface area contributed by atoms with E-state index in [1.807, 2.05) is 6.07 Å². The van der Waals surface area contributed by atoms with E-state index in [0.717, 1.165) is 25.2 Å². The predicted molar refractivity (Wildman–Crippen MR) is 86.7 cm³/mol. The van der Waals surface area contributed by atoms with Crippen molar-refractivity contribution in [2.75, 3.05) is 17.2 Å². The van der Waals surface area contributed by atoms with Crippen LogP contribution in [0.2, 0.25) is 5.02 Å². The zero-order chi connectivity index (χ0) is 14.7. The summed E-state index contributed by atoms with van der Waals surface area (Å²) in [5.74, 6) is 0. The summed E-state index contributed by atoms with van der Waals surface area (Å²) in [6.07, 6.45) is 2.32. The first-order valence-corrected chi connectivity index (χ1v) is 7.44. The quantitative estimate of drug-likeness (QED) is 0.893. The molecule has 2 aromatic rings. The summed E-state index contributed by atoms with van der Waals surface area (Å²) in [5, 5.41) is 16.4. The molecule has 0 aromatic heterocycles. The second kappa shape index (κ2) is 6.07. The lowest BCUT2D eigenvalue weighted by atomic mass is 9.99. The van der Waals surface area contributed by atoms with Gasteiger partial charge in [0.2, 0.25) is 0 Å². The molecule has 4 heteroatoms. The number of para-hydroxylation sites is 1. The molecule has 0 spiro atoms. The van der Waals surface area contributed by atoms with Crippen molar-refractivity contribution in [1.29, 1.82) is 5.26 Å². The molecule has 3 nitrogen and oxygen atoms in total. The van der Waals surface area contributed by atoms with E-state index in [1.54, 1.807) is 12.1 Å². The second-order valence-corrected chi connectivity index (χ2v) is 5.55.